The van der Waals surface area contributed by atoms with Gasteiger partial charge in [-0.15, -0.1) is 0 Å². The lowest BCUT2D eigenvalue weighted by Crippen LogP contribution is -2.48. The van der Waals surface area contributed by atoms with Crippen LogP contribution in [0.1, 0.15) is 43.6 Å². The molecule has 2 rings (SSSR count). The van der Waals surface area contributed by atoms with Gasteiger partial charge in [0.15, 0.2) is 11.4 Å². The molecule has 0 bridgehead atoms. The van der Waals surface area contributed by atoms with Crippen molar-refractivity contribution in [1.29, 1.82) is 0 Å². The molecule has 2 aromatic rings. The van der Waals surface area contributed by atoms with Crippen molar-refractivity contribution >= 4 is 23.3 Å². The van der Waals surface area contributed by atoms with E-state index < -0.39 is 5.60 Å². The minimum atomic E-state index is -1.02. The number of ether oxygens (including phenoxy) is 1. The fraction of sp³-hybridized carbons (Fsp3) is 0.333. The van der Waals surface area contributed by atoms with Gasteiger partial charge < -0.3 is 9.64 Å². The number of carbonyl (C=O) groups is 2. The normalized spacial score (nSPS) is 11.1. The van der Waals surface area contributed by atoms with Crippen molar-refractivity contribution in [2.24, 2.45) is 0 Å². The monoisotopic (exact) mass is 373 g/mol. The molecule has 4 nitrogen and oxygen atoms in total. The molecule has 0 aliphatic heterocycles. The maximum Gasteiger partial charge on any atom is 0.266 e. The molecular formula is C21H24ClNO3. The average Bonchev–Trinajstić information content (AvgIpc) is 2.62. The molecule has 0 radical (unpaired) electrons. The number of amides is 1. The van der Waals surface area contributed by atoms with Crippen molar-refractivity contribution in [3.8, 4) is 5.75 Å². The molecule has 0 atom stereocenters. The zero-order chi connectivity index (χ0) is 19.3. The third-order valence-corrected chi connectivity index (χ3v) is 4.39. The average molecular weight is 374 g/mol. The molecule has 0 aliphatic rings. The summed E-state index contributed by atoms with van der Waals surface area (Å²) in [6.45, 7) is 8.59. The molecule has 0 fully saturated rings. The zero-order valence-corrected chi connectivity index (χ0v) is 16.3. The van der Waals surface area contributed by atoms with Gasteiger partial charge in [-0.25, -0.2) is 0 Å². The van der Waals surface area contributed by atoms with Crippen LogP contribution >= 0.6 is 11.6 Å². The maximum absolute atomic E-state index is 12.6. The van der Waals surface area contributed by atoms with Crippen LogP contribution in [-0.2, 0) is 4.79 Å². The first kappa shape index (κ1) is 20.0. The number of rotatable bonds is 7. The quantitative estimate of drug-likeness (QED) is 0.666. The predicted molar refractivity (Wildman–Crippen MR) is 104 cm³/mol. The van der Waals surface area contributed by atoms with Crippen LogP contribution in [0.15, 0.2) is 48.5 Å². The van der Waals surface area contributed by atoms with Crippen LogP contribution in [0.5, 0.6) is 5.75 Å². The maximum atomic E-state index is 12.6. The summed E-state index contributed by atoms with van der Waals surface area (Å²) in [6.07, 6.45) is 0. The Morgan fingerprint density at radius 3 is 2.19 bits per heavy atom. The summed E-state index contributed by atoms with van der Waals surface area (Å²) in [5.41, 5.74) is 0.0227. The fourth-order valence-corrected chi connectivity index (χ4v) is 2.82. The Morgan fingerprint density at radius 1 is 1.00 bits per heavy atom. The third kappa shape index (κ3) is 4.64. The number of benzene rings is 2. The van der Waals surface area contributed by atoms with Crippen LogP contribution in [0.3, 0.4) is 0 Å². The van der Waals surface area contributed by atoms with Gasteiger partial charge in [-0.3, -0.25) is 9.59 Å². The highest BCUT2D eigenvalue weighted by atomic mass is 35.5. The molecule has 0 heterocycles. The standard InChI is InChI=1S/C21H24ClNO3/c1-5-23(6-2)20(25)21(3,4)26-18-9-7-8-16(14-18)19(24)15-10-12-17(22)13-11-15/h7-14H,5-6H2,1-4H3. The molecule has 0 N–H and O–H groups in total. The minimum absolute atomic E-state index is 0.0862. The summed E-state index contributed by atoms with van der Waals surface area (Å²) in [5.74, 6) is 0.271. The summed E-state index contributed by atoms with van der Waals surface area (Å²) in [5, 5.41) is 0.579. The second-order valence-corrected chi connectivity index (χ2v) is 6.89. The highest BCUT2D eigenvalue weighted by molar-refractivity contribution is 6.30. The van der Waals surface area contributed by atoms with Crippen LogP contribution in [0, 0.1) is 0 Å². The van der Waals surface area contributed by atoms with Crippen molar-refractivity contribution in [3.05, 3.63) is 64.7 Å². The zero-order valence-electron chi connectivity index (χ0n) is 15.6. The van der Waals surface area contributed by atoms with Crippen LogP contribution < -0.4 is 4.74 Å². The number of ketones is 1. The summed E-state index contributed by atoms with van der Waals surface area (Å²) in [4.78, 5) is 27.0. The number of nitrogens with zero attached hydrogens (tertiary/aromatic N) is 1. The molecule has 0 aliphatic carbocycles. The molecule has 0 saturated heterocycles. The number of carbonyl (C=O) groups excluding carboxylic acids is 2. The topological polar surface area (TPSA) is 46.6 Å². The van der Waals surface area contributed by atoms with E-state index in [0.29, 0.717) is 35.0 Å². The van der Waals surface area contributed by atoms with E-state index in [1.807, 2.05) is 13.8 Å². The van der Waals surface area contributed by atoms with E-state index in [0.717, 1.165) is 0 Å². The number of hydrogen-bond acceptors (Lipinski definition) is 3. The lowest BCUT2D eigenvalue weighted by Gasteiger charge is -2.31. The second-order valence-electron chi connectivity index (χ2n) is 6.45. The van der Waals surface area contributed by atoms with E-state index in [-0.39, 0.29) is 11.7 Å². The fourth-order valence-electron chi connectivity index (χ4n) is 2.70. The molecule has 138 valence electrons. The first-order valence-electron chi connectivity index (χ1n) is 8.67. The van der Waals surface area contributed by atoms with Crippen molar-refractivity contribution in [2.45, 2.75) is 33.3 Å². The van der Waals surface area contributed by atoms with E-state index in [4.69, 9.17) is 16.3 Å². The van der Waals surface area contributed by atoms with Gasteiger partial charge in [0.1, 0.15) is 5.75 Å². The molecule has 2 aromatic carbocycles. The van der Waals surface area contributed by atoms with Crippen molar-refractivity contribution in [3.63, 3.8) is 0 Å². The van der Waals surface area contributed by atoms with Crippen LogP contribution in [0.2, 0.25) is 5.02 Å². The Labute approximate surface area is 159 Å². The second kappa shape index (κ2) is 8.37. The molecule has 0 spiro atoms. The van der Waals surface area contributed by atoms with Crippen molar-refractivity contribution in [1.82, 2.24) is 4.90 Å². The van der Waals surface area contributed by atoms with Gasteiger partial charge in [0.25, 0.3) is 5.91 Å². The first-order valence-corrected chi connectivity index (χ1v) is 9.05. The Kier molecular flexibility index (Phi) is 6.43. The molecule has 26 heavy (non-hydrogen) atoms. The molecular weight excluding hydrogens is 350 g/mol. The largest absolute Gasteiger partial charge is 0.478 e. The Hall–Kier alpha value is -2.33. The van der Waals surface area contributed by atoms with Gasteiger partial charge in [0.2, 0.25) is 0 Å². The van der Waals surface area contributed by atoms with E-state index in [1.54, 1.807) is 67.3 Å². The summed E-state index contributed by atoms with van der Waals surface area (Å²) < 4.78 is 5.93. The van der Waals surface area contributed by atoms with Gasteiger partial charge in [-0.1, -0.05) is 23.7 Å². The van der Waals surface area contributed by atoms with Crippen LogP contribution in [-0.4, -0.2) is 35.3 Å². The number of likely N-dealkylation sites (N-methyl/N-ethyl adjacent to an activating group) is 1. The van der Waals surface area contributed by atoms with Gasteiger partial charge in [0, 0.05) is 29.2 Å². The molecule has 0 aromatic heterocycles. The predicted octanol–water partition coefficient (Wildman–Crippen LogP) is 4.60. The molecule has 0 unspecified atom stereocenters. The highest BCUT2D eigenvalue weighted by Gasteiger charge is 2.33. The van der Waals surface area contributed by atoms with Gasteiger partial charge in [0.05, 0.1) is 0 Å². The minimum Gasteiger partial charge on any atom is -0.478 e. The first-order chi connectivity index (χ1) is 12.3. The van der Waals surface area contributed by atoms with Crippen molar-refractivity contribution in [2.75, 3.05) is 13.1 Å². The summed E-state index contributed by atoms with van der Waals surface area (Å²) in [7, 11) is 0. The number of hydrogen-bond donors (Lipinski definition) is 0. The van der Waals surface area contributed by atoms with Gasteiger partial charge in [-0.05, 0) is 64.1 Å². The van der Waals surface area contributed by atoms with Crippen LogP contribution in [0.4, 0.5) is 0 Å². The Balaban J connectivity index is 2.22. The summed E-state index contributed by atoms with van der Waals surface area (Å²) in [6, 6.07) is 13.6. The lowest BCUT2D eigenvalue weighted by atomic mass is 10.0. The highest BCUT2D eigenvalue weighted by Crippen LogP contribution is 2.23. The Morgan fingerprint density at radius 2 is 1.62 bits per heavy atom. The number of halogens is 1. The smallest absolute Gasteiger partial charge is 0.266 e. The van der Waals surface area contributed by atoms with Crippen molar-refractivity contribution < 1.29 is 14.3 Å². The Bertz CT molecular complexity index is 780. The lowest BCUT2D eigenvalue weighted by molar-refractivity contribution is -0.145. The molecule has 5 heteroatoms. The summed E-state index contributed by atoms with van der Waals surface area (Å²) >= 11 is 5.87. The van der Waals surface area contributed by atoms with Gasteiger partial charge >= 0.3 is 0 Å². The SMILES string of the molecule is CCN(CC)C(=O)C(C)(C)Oc1cccc(C(=O)c2ccc(Cl)cc2)c1. The van der Waals surface area contributed by atoms with E-state index in [1.165, 1.54) is 0 Å². The van der Waals surface area contributed by atoms with E-state index >= 15 is 0 Å². The van der Waals surface area contributed by atoms with E-state index in [9.17, 15) is 9.59 Å². The van der Waals surface area contributed by atoms with Gasteiger partial charge in [-0.2, -0.15) is 0 Å². The molecule has 0 saturated carbocycles. The molecule has 1 amide bonds. The van der Waals surface area contributed by atoms with E-state index in [2.05, 4.69) is 0 Å². The van der Waals surface area contributed by atoms with Crippen LogP contribution in [0.25, 0.3) is 0 Å². The third-order valence-electron chi connectivity index (χ3n) is 4.14.